The molecule has 100 valence electrons. The van der Waals surface area contributed by atoms with Crippen molar-refractivity contribution in [1.82, 2.24) is 0 Å². The standard InChI is InChI=1S/C19H19N/c1-3-18(16-10-6-4-7-11-16)15(2)14-19(20)17-12-8-5-9-13-17/h3-14,20H,1-2H3/b15-14-,18-3+,20-19?. The Morgan fingerprint density at radius 2 is 1.35 bits per heavy atom. The van der Waals surface area contributed by atoms with Crippen molar-refractivity contribution in [3.63, 3.8) is 0 Å². The lowest BCUT2D eigenvalue weighted by Gasteiger charge is -2.09. The number of allylic oxidation sites excluding steroid dienone is 4. The number of hydrogen-bond acceptors (Lipinski definition) is 1. The van der Waals surface area contributed by atoms with Gasteiger partial charge in [-0.1, -0.05) is 66.7 Å². The summed E-state index contributed by atoms with van der Waals surface area (Å²) < 4.78 is 0. The van der Waals surface area contributed by atoms with E-state index in [0.29, 0.717) is 5.71 Å². The van der Waals surface area contributed by atoms with E-state index in [1.54, 1.807) is 0 Å². The number of nitrogens with one attached hydrogen (secondary N) is 1. The van der Waals surface area contributed by atoms with Crippen molar-refractivity contribution in [2.45, 2.75) is 13.8 Å². The number of hydrogen-bond donors (Lipinski definition) is 1. The van der Waals surface area contributed by atoms with Crippen LogP contribution in [0.15, 0.2) is 78.4 Å². The number of rotatable bonds is 4. The molecule has 0 unspecified atom stereocenters. The lowest BCUT2D eigenvalue weighted by atomic mass is 9.96. The molecule has 2 aromatic carbocycles. The monoisotopic (exact) mass is 261 g/mol. The first kappa shape index (κ1) is 14.0. The number of benzene rings is 2. The Bertz CT molecular complexity index is 634. The Kier molecular flexibility index (Phi) is 4.67. The van der Waals surface area contributed by atoms with Crippen molar-refractivity contribution in [2.75, 3.05) is 0 Å². The summed E-state index contributed by atoms with van der Waals surface area (Å²) in [5.41, 5.74) is 4.94. The van der Waals surface area contributed by atoms with Gasteiger partial charge in [0.2, 0.25) is 0 Å². The molecule has 2 aromatic rings. The Morgan fingerprint density at radius 3 is 1.85 bits per heavy atom. The zero-order chi connectivity index (χ0) is 14.4. The highest BCUT2D eigenvalue weighted by atomic mass is 14.4. The Morgan fingerprint density at radius 1 is 0.850 bits per heavy atom. The molecule has 1 heteroatoms. The summed E-state index contributed by atoms with van der Waals surface area (Å²) in [5.74, 6) is 0. The van der Waals surface area contributed by atoms with Crippen LogP contribution in [0.4, 0.5) is 0 Å². The minimum atomic E-state index is 0.540. The van der Waals surface area contributed by atoms with Crippen molar-refractivity contribution in [3.8, 4) is 0 Å². The molecule has 0 atom stereocenters. The molecule has 0 spiro atoms. The highest BCUT2D eigenvalue weighted by Gasteiger charge is 2.04. The molecule has 0 aliphatic heterocycles. The second kappa shape index (κ2) is 6.67. The van der Waals surface area contributed by atoms with Crippen molar-refractivity contribution in [3.05, 3.63) is 89.5 Å². The lowest BCUT2D eigenvalue weighted by molar-refractivity contribution is 1.45. The third-order valence-corrected chi connectivity index (χ3v) is 3.24. The molecule has 1 N–H and O–H groups in total. The SMILES string of the molecule is C/C=C(\C(C)=C/C(=N)c1ccccc1)c1ccccc1. The summed E-state index contributed by atoms with van der Waals surface area (Å²) in [6, 6.07) is 20.1. The molecule has 0 amide bonds. The smallest absolute Gasteiger partial charge is 0.0615 e. The van der Waals surface area contributed by atoms with Crippen LogP contribution in [-0.4, -0.2) is 5.71 Å². The fourth-order valence-electron chi connectivity index (χ4n) is 2.24. The van der Waals surface area contributed by atoms with Gasteiger partial charge in [0.25, 0.3) is 0 Å². The van der Waals surface area contributed by atoms with Gasteiger partial charge in [0.1, 0.15) is 0 Å². The fourth-order valence-corrected chi connectivity index (χ4v) is 2.24. The predicted molar refractivity (Wildman–Crippen MR) is 87.1 cm³/mol. The van der Waals surface area contributed by atoms with Crippen molar-refractivity contribution < 1.29 is 0 Å². The van der Waals surface area contributed by atoms with Crippen LogP contribution in [0.25, 0.3) is 5.57 Å². The van der Waals surface area contributed by atoms with E-state index in [-0.39, 0.29) is 0 Å². The van der Waals surface area contributed by atoms with Gasteiger partial charge >= 0.3 is 0 Å². The van der Waals surface area contributed by atoms with Gasteiger partial charge < -0.3 is 5.41 Å². The molecule has 0 saturated heterocycles. The van der Waals surface area contributed by atoms with E-state index in [1.807, 2.05) is 61.5 Å². The van der Waals surface area contributed by atoms with Crippen molar-refractivity contribution >= 4 is 11.3 Å². The van der Waals surface area contributed by atoms with Gasteiger partial charge in [0.15, 0.2) is 0 Å². The van der Waals surface area contributed by atoms with Gasteiger partial charge in [-0.2, -0.15) is 0 Å². The van der Waals surface area contributed by atoms with E-state index < -0.39 is 0 Å². The summed E-state index contributed by atoms with van der Waals surface area (Å²) in [4.78, 5) is 0. The molecule has 0 fully saturated rings. The molecule has 2 rings (SSSR count). The van der Waals surface area contributed by atoms with Crippen LogP contribution in [0, 0.1) is 5.41 Å². The molecule has 0 heterocycles. The Balaban J connectivity index is 2.28. The van der Waals surface area contributed by atoms with E-state index in [0.717, 1.165) is 11.1 Å². The largest absolute Gasteiger partial charge is 0.300 e. The van der Waals surface area contributed by atoms with Crippen LogP contribution in [0.1, 0.15) is 25.0 Å². The fraction of sp³-hybridized carbons (Fsp3) is 0.105. The van der Waals surface area contributed by atoms with Gasteiger partial charge in [-0.25, -0.2) is 0 Å². The lowest BCUT2D eigenvalue weighted by Crippen LogP contribution is -1.96. The average Bonchev–Trinajstić information content (AvgIpc) is 2.50. The molecule has 20 heavy (non-hydrogen) atoms. The van der Waals surface area contributed by atoms with Crippen LogP contribution < -0.4 is 0 Å². The Labute approximate surface area is 120 Å². The third kappa shape index (κ3) is 3.33. The van der Waals surface area contributed by atoms with E-state index in [9.17, 15) is 0 Å². The molecule has 0 aromatic heterocycles. The average molecular weight is 261 g/mol. The van der Waals surface area contributed by atoms with Crippen molar-refractivity contribution in [1.29, 1.82) is 5.41 Å². The first-order chi connectivity index (χ1) is 9.72. The van der Waals surface area contributed by atoms with Gasteiger partial charge in [0, 0.05) is 0 Å². The summed E-state index contributed by atoms with van der Waals surface area (Å²) in [5, 5.41) is 8.19. The van der Waals surface area contributed by atoms with E-state index in [4.69, 9.17) is 5.41 Å². The van der Waals surface area contributed by atoms with Gasteiger partial charge in [0.05, 0.1) is 5.71 Å². The van der Waals surface area contributed by atoms with E-state index in [1.165, 1.54) is 11.1 Å². The molecular weight excluding hydrogens is 242 g/mol. The quantitative estimate of drug-likeness (QED) is 0.584. The summed E-state index contributed by atoms with van der Waals surface area (Å²) in [6.07, 6.45) is 4.02. The second-order valence-corrected chi connectivity index (χ2v) is 4.68. The zero-order valence-electron chi connectivity index (χ0n) is 11.9. The maximum absolute atomic E-state index is 8.19. The molecule has 0 bridgehead atoms. The topological polar surface area (TPSA) is 23.9 Å². The minimum absolute atomic E-state index is 0.540. The second-order valence-electron chi connectivity index (χ2n) is 4.68. The third-order valence-electron chi connectivity index (χ3n) is 3.24. The first-order valence-electron chi connectivity index (χ1n) is 6.76. The molecule has 0 aliphatic carbocycles. The van der Waals surface area contributed by atoms with Crippen LogP contribution in [0.5, 0.6) is 0 Å². The summed E-state index contributed by atoms with van der Waals surface area (Å²) in [7, 11) is 0. The maximum Gasteiger partial charge on any atom is 0.0615 e. The summed E-state index contributed by atoms with van der Waals surface area (Å²) >= 11 is 0. The molecule has 0 saturated carbocycles. The molecule has 0 aliphatic rings. The van der Waals surface area contributed by atoms with E-state index in [2.05, 4.69) is 25.1 Å². The van der Waals surface area contributed by atoms with E-state index >= 15 is 0 Å². The van der Waals surface area contributed by atoms with Crippen LogP contribution in [-0.2, 0) is 0 Å². The summed E-state index contributed by atoms with van der Waals surface area (Å²) in [6.45, 7) is 4.09. The van der Waals surface area contributed by atoms with Crippen molar-refractivity contribution in [2.24, 2.45) is 0 Å². The van der Waals surface area contributed by atoms with Gasteiger partial charge in [-0.15, -0.1) is 0 Å². The minimum Gasteiger partial charge on any atom is -0.300 e. The highest BCUT2D eigenvalue weighted by molar-refractivity contribution is 6.08. The van der Waals surface area contributed by atoms with Crippen LogP contribution in [0.2, 0.25) is 0 Å². The predicted octanol–water partition coefficient (Wildman–Crippen LogP) is 5.10. The van der Waals surface area contributed by atoms with Gasteiger partial charge in [-0.05, 0) is 42.2 Å². The zero-order valence-corrected chi connectivity index (χ0v) is 11.9. The highest BCUT2D eigenvalue weighted by Crippen LogP contribution is 2.22. The molecular formula is C19H19N. The first-order valence-corrected chi connectivity index (χ1v) is 6.76. The van der Waals surface area contributed by atoms with Crippen LogP contribution in [0.3, 0.4) is 0 Å². The molecule has 1 nitrogen and oxygen atoms in total. The van der Waals surface area contributed by atoms with Crippen LogP contribution >= 0.6 is 0 Å². The Hall–Kier alpha value is -2.41. The molecule has 0 radical (unpaired) electrons. The normalized spacial score (nSPS) is 12.3. The maximum atomic E-state index is 8.19. The van der Waals surface area contributed by atoms with Gasteiger partial charge in [-0.3, -0.25) is 0 Å².